The fraction of sp³-hybridized carbons (Fsp3) is 0.636. The van der Waals surface area contributed by atoms with Crippen molar-refractivity contribution in [3.8, 4) is 0 Å². The first kappa shape index (κ1) is 11.1. The first-order valence-electron chi connectivity index (χ1n) is 5.74. The molecule has 1 fully saturated rings. The molecule has 1 heterocycles. The largest absolute Gasteiger partial charge is 0.376 e. The Morgan fingerprint density at radius 2 is 2.31 bits per heavy atom. The topological polar surface area (TPSA) is 56.1 Å². The van der Waals surface area contributed by atoms with Crippen molar-refractivity contribution < 1.29 is 9.53 Å². The number of ether oxygens (including phenoxy) is 1. The van der Waals surface area contributed by atoms with Crippen LogP contribution in [0.15, 0.2) is 18.7 Å². The second-order valence-electron chi connectivity index (χ2n) is 3.98. The Hall–Kier alpha value is -1.36. The molecule has 1 aromatic heterocycles. The van der Waals surface area contributed by atoms with Gasteiger partial charge in [0.2, 0.25) is 0 Å². The molecule has 1 aromatic rings. The van der Waals surface area contributed by atoms with Crippen LogP contribution in [0.5, 0.6) is 0 Å². The number of hydrogen-bond donors (Lipinski definition) is 1. The van der Waals surface area contributed by atoms with E-state index < -0.39 is 0 Å². The highest BCUT2D eigenvalue weighted by Crippen LogP contribution is 2.20. The zero-order chi connectivity index (χ0) is 11.2. The summed E-state index contributed by atoms with van der Waals surface area (Å²) in [6.07, 6.45) is 9.95. The minimum Gasteiger partial charge on any atom is -0.376 e. The number of carbonyl (C=O) groups is 1. The van der Waals surface area contributed by atoms with Crippen molar-refractivity contribution in [3.63, 3.8) is 0 Å². The zero-order valence-corrected chi connectivity index (χ0v) is 9.26. The predicted molar refractivity (Wildman–Crippen MR) is 59.2 cm³/mol. The lowest BCUT2D eigenvalue weighted by Gasteiger charge is -2.11. The van der Waals surface area contributed by atoms with Gasteiger partial charge in [-0.15, -0.1) is 0 Å². The molecule has 1 saturated carbocycles. The molecule has 2 rings (SSSR count). The van der Waals surface area contributed by atoms with E-state index in [0.717, 1.165) is 12.8 Å². The SMILES string of the molecule is O=C(NCCOC1CCCC1)n1ccnc1. The second kappa shape index (κ2) is 5.65. The third-order valence-electron chi connectivity index (χ3n) is 2.77. The molecule has 0 spiro atoms. The van der Waals surface area contributed by atoms with E-state index in [1.54, 1.807) is 12.4 Å². The molecular weight excluding hydrogens is 206 g/mol. The lowest BCUT2D eigenvalue weighted by molar-refractivity contribution is 0.0613. The van der Waals surface area contributed by atoms with Crippen LogP contribution >= 0.6 is 0 Å². The lowest BCUT2D eigenvalue weighted by atomic mass is 10.3. The summed E-state index contributed by atoms with van der Waals surface area (Å²) >= 11 is 0. The number of carbonyl (C=O) groups excluding carboxylic acids is 1. The molecule has 0 unspecified atom stereocenters. The number of nitrogens with zero attached hydrogens (tertiary/aromatic N) is 2. The Kier molecular flexibility index (Phi) is 3.93. The molecule has 5 heteroatoms. The summed E-state index contributed by atoms with van der Waals surface area (Å²) in [5.41, 5.74) is 0. The van der Waals surface area contributed by atoms with Gasteiger partial charge in [0, 0.05) is 18.9 Å². The van der Waals surface area contributed by atoms with Gasteiger partial charge in [-0.1, -0.05) is 12.8 Å². The van der Waals surface area contributed by atoms with Gasteiger partial charge >= 0.3 is 6.03 Å². The van der Waals surface area contributed by atoms with E-state index in [9.17, 15) is 4.79 Å². The van der Waals surface area contributed by atoms with E-state index in [4.69, 9.17) is 4.74 Å². The minimum absolute atomic E-state index is 0.160. The molecule has 1 aliphatic rings. The molecule has 1 amide bonds. The van der Waals surface area contributed by atoms with Crippen molar-refractivity contribution in [2.24, 2.45) is 0 Å². The van der Waals surface area contributed by atoms with Crippen LogP contribution < -0.4 is 5.32 Å². The van der Waals surface area contributed by atoms with Crippen LogP contribution in [0.3, 0.4) is 0 Å². The molecular formula is C11H17N3O2. The maximum absolute atomic E-state index is 11.5. The van der Waals surface area contributed by atoms with Crippen molar-refractivity contribution in [1.82, 2.24) is 14.9 Å². The summed E-state index contributed by atoms with van der Waals surface area (Å²) in [7, 11) is 0. The summed E-state index contributed by atoms with van der Waals surface area (Å²) in [6.45, 7) is 1.14. The lowest BCUT2D eigenvalue weighted by Crippen LogP contribution is -2.31. The molecule has 0 bridgehead atoms. The van der Waals surface area contributed by atoms with Gasteiger partial charge in [0.25, 0.3) is 0 Å². The van der Waals surface area contributed by atoms with Gasteiger partial charge in [-0.2, -0.15) is 0 Å². The number of aromatic nitrogens is 2. The van der Waals surface area contributed by atoms with E-state index in [1.807, 2.05) is 0 Å². The number of hydrogen-bond acceptors (Lipinski definition) is 3. The van der Waals surface area contributed by atoms with E-state index in [0.29, 0.717) is 19.3 Å². The van der Waals surface area contributed by atoms with Crippen LogP contribution in [0.2, 0.25) is 0 Å². The summed E-state index contributed by atoms with van der Waals surface area (Å²) < 4.78 is 7.04. The number of rotatable bonds is 4. The average molecular weight is 223 g/mol. The molecule has 88 valence electrons. The minimum atomic E-state index is -0.160. The predicted octanol–water partition coefficient (Wildman–Crippen LogP) is 1.40. The third kappa shape index (κ3) is 3.06. The summed E-state index contributed by atoms with van der Waals surface area (Å²) in [5.74, 6) is 0. The zero-order valence-electron chi connectivity index (χ0n) is 9.26. The van der Waals surface area contributed by atoms with E-state index in [-0.39, 0.29) is 6.03 Å². The molecule has 0 saturated heterocycles. The van der Waals surface area contributed by atoms with Crippen LogP contribution in [-0.2, 0) is 4.74 Å². The highest BCUT2D eigenvalue weighted by atomic mass is 16.5. The van der Waals surface area contributed by atoms with Crippen molar-refractivity contribution in [1.29, 1.82) is 0 Å². The van der Waals surface area contributed by atoms with Gasteiger partial charge in [-0.05, 0) is 12.8 Å². The van der Waals surface area contributed by atoms with Crippen molar-refractivity contribution >= 4 is 6.03 Å². The fourth-order valence-corrected chi connectivity index (χ4v) is 1.91. The van der Waals surface area contributed by atoms with Crippen molar-refractivity contribution in [2.75, 3.05) is 13.2 Å². The second-order valence-corrected chi connectivity index (χ2v) is 3.98. The number of nitrogens with one attached hydrogen (secondary N) is 1. The van der Waals surface area contributed by atoms with Gasteiger partial charge in [0.15, 0.2) is 0 Å². The smallest absolute Gasteiger partial charge is 0.326 e. The van der Waals surface area contributed by atoms with Crippen LogP contribution in [0.1, 0.15) is 25.7 Å². The highest BCUT2D eigenvalue weighted by molar-refractivity contribution is 5.76. The number of amides is 1. The van der Waals surface area contributed by atoms with Gasteiger partial charge in [0.1, 0.15) is 6.33 Å². The molecule has 5 nitrogen and oxygen atoms in total. The van der Waals surface area contributed by atoms with Gasteiger partial charge in [-0.25, -0.2) is 9.78 Å². The van der Waals surface area contributed by atoms with Gasteiger partial charge < -0.3 is 10.1 Å². The first-order valence-corrected chi connectivity index (χ1v) is 5.74. The monoisotopic (exact) mass is 223 g/mol. The van der Waals surface area contributed by atoms with Crippen LogP contribution in [0, 0.1) is 0 Å². The highest BCUT2D eigenvalue weighted by Gasteiger charge is 2.14. The van der Waals surface area contributed by atoms with Gasteiger partial charge in [0.05, 0.1) is 12.7 Å². The standard InChI is InChI=1S/C11H17N3O2/c15-11(14-7-5-12-9-14)13-6-8-16-10-3-1-2-4-10/h5,7,9-10H,1-4,6,8H2,(H,13,15). The Morgan fingerprint density at radius 1 is 1.50 bits per heavy atom. The Labute approximate surface area is 94.8 Å². The molecule has 16 heavy (non-hydrogen) atoms. The molecule has 0 aromatic carbocycles. The first-order chi connectivity index (χ1) is 7.86. The van der Waals surface area contributed by atoms with E-state index in [1.165, 1.54) is 23.7 Å². The molecule has 1 aliphatic carbocycles. The van der Waals surface area contributed by atoms with E-state index >= 15 is 0 Å². The molecule has 1 N–H and O–H groups in total. The van der Waals surface area contributed by atoms with E-state index in [2.05, 4.69) is 10.3 Å². The van der Waals surface area contributed by atoms with Crippen LogP contribution in [-0.4, -0.2) is 34.8 Å². The Bertz CT molecular complexity index is 318. The Balaban J connectivity index is 1.59. The maximum atomic E-state index is 11.5. The summed E-state index contributed by atoms with van der Waals surface area (Å²) in [6, 6.07) is -0.160. The van der Waals surface area contributed by atoms with Crippen molar-refractivity contribution in [2.45, 2.75) is 31.8 Å². The summed E-state index contributed by atoms with van der Waals surface area (Å²) in [5, 5.41) is 2.77. The van der Waals surface area contributed by atoms with Gasteiger partial charge in [-0.3, -0.25) is 4.57 Å². The normalized spacial score (nSPS) is 16.5. The third-order valence-corrected chi connectivity index (χ3v) is 2.77. The number of imidazole rings is 1. The van der Waals surface area contributed by atoms with Crippen molar-refractivity contribution in [3.05, 3.63) is 18.7 Å². The van der Waals surface area contributed by atoms with Crippen LogP contribution in [0.25, 0.3) is 0 Å². The fourth-order valence-electron chi connectivity index (χ4n) is 1.91. The Morgan fingerprint density at radius 3 is 3.00 bits per heavy atom. The molecule has 0 aliphatic heterocycles. The molecule has 0 atom stereocenters. The maximum Gasteiger partial charge on any atom is 0.326 e. The van der Waals surface area contributed by atoms with Crippen LogP contribution in [0.4, 0.5) is 4.79 Å². The molecule has 0 radical (unpaired) electrons. The summed E-state index contributed by atoms with van der Waals surface area (Å²) in [4.78, 5) is 15.3. The average Bonchev–Trinajstić information content (AvgIpc) is 2.96. The quantitative estimate of drug-likeness (QED) is 0.785.